The van der Waals surface area contributed by atoms with E-state index >= 15 is 0 Å². The number of unbranched alkanes of at least 4 members (excludes halogenated alkanes) is 5. The van der Waals surface area contributed by atoms with Crippen molar-refractivity contribution in [3.8, 4) is 5.75 Å². The zero-order chi connectivity index (χ0) is 26.3. The minimum atomic E-state index is -0.0640. The van der Waals surface area contributed by atoms with E-state index in [1.54, 1.807) is 0 Å². The Balaban J connectivity index is 1.42. The van der Waals surface area contributed by atoms with Crippen LogP contribution in [0, 0.1) is 5.92 Å². The van der Waals surface area contributed by atoms with Crippen molar-refractivity contribution in [2.24, 2.45) is 5.92 Å². The molecule has 0 bridgehead atoms. The first kappa shape index (κ1) is 29.9. The molecule has 2 atom stereocenters. The lowest BCUT2D eigenvalue weighted by Gasteiger charge is -2.35. The summed E-state index contributed by atoms with van der Waals surface area (Å²) in [6, 6.07) is 11.3. The summed E-state index contributed by atoms with van der Waals surface area (Å²) in [7, 11) is 0. The molecule has 2 unspecified atom stereocenters. The van der Waals surface area contributed by atoms with Crippen LogP contribution in [0.3, 0.4) is 0 Å². The summed E-state index contributed by atoms with van der Waals surface area (Å²) in [6.07, 6.45) is 17.5. The Morgan fingerprint density at radius 2 is 1.81 bits per heavy atom. The van der Waals surface area contributed by atoms with E-state index < -0.39 is 0 Å². The van der Waals surface area contributed by atoms with Crippen molar-refractivity contribution in [3.05, 3.63) is 51.7 Å². The maximum atomic E-state index is 12.7. The van der Waals surface area contributed by atoms with Crippen LogP contribution in [0.25, 0.3) is 0 Å². The van der Waals surface area contributed by atoms with E-state index in [1.807, 2.05) is 17.4 Å². The van der Waals surface area contributed by atoms with Gasteiger partial charge < -0.3 is 4.74 Å². The number of carbonyl (C=O) groups is 1. The Bertz CT molecular complexity index is 894. The fraction of sp³-hybridized carbons (Fsp3) is 0.667. The van der Waals surface area contributed by atoms with Gasteiger partial charge in [0.05, 0.1) is 0 Å². The molecule has 3 rings (SSSR count). The monoisotopic (exact) mass is 525 g/mol. The molecule has 0 saturated carbocycles. The molecule has 1 aliphatic rings. The number of benzene rings is 1. The Kier molecular flexibility index (Phi) is 13.8. The van der Waals surface area contributed by atoms with Crippen LogP contribution in [-0.2, 0) is 24.1 Å². The molecule has 0 radical (unpaired) electrons. The van der Waals surface area contributed by atoms with Crippen molar-refractivity contribution < 1.29 is 9.53 Å². The number of carbonyl (C=O) groups excluding carboxylic acids is 1. The highest BCUT2D eigenvalue weighted by Gasteiger charge is 2.26. The SMILES string of the molecule is CCCCCCCCC(C)CCCC(=O)Oc1cccc2c1CCC(N(CCC)CCc1cccs1)C2. The number of esters is 1. The molecule has 0 saturated heterocycles. The molecule has 0 fully saturated rings. The first-order valence-electron chi connectivity index (χ1n) is 15.2. The lowest BCUT2D eigenvalue weighted by molar-refractivity contribution is -0.134. The minimum absolute atomic E-state index is 0.0640. The van der Waals surface area contributed by atoms with Gasteiger partial charge in [-0.05, 0) is 79.6 Å². The number of ether oxygens (including phenoxy) is 1. The fourth-order valence-electron chi connectivity index (χ4n) is 5.82. The van der Waals surface area contributed by atoms with E-state index in [2.05, 4.69) is 55.3 Å². The summed E-state index contributed by atoms with van der Waals surface area (Å²) in [6.45, 7) is 9.16. The quantitative estimate of drug-likeness (QED) is 0.110. The lowest BCUT2D eigenvalue weighted by atomic mass is 9.86. The van der Waals surface area contributed by atoms with Crippen molar-refractivity contribution in [3.63, 3.8) is 0 Å². The highest BCUT2D eigenvalue weighted by atomic mass is 32.1. The Labute approximate surface area is 231 Å². The van der Waals surface area contributed by atoms with E-state index in [0.29, 0.717) is 18.4 Å². The van der Waals surface area contributed by atoms with Gasteiger partial charge in [0.1, 0.15) is 5.75 Å². The van der Waals surface area contributed by atoms with Gasteiger partial charge in [0.25, 0.3) is 0 Å². The van der Waals surface area contributed by atoms with Gasteiger partial charge in [-0.2, -0.15) is 0 Å². The summed E-state index contributed by atoms with van der Waals surface area (Å²) in [5.74, 6) is 1.44. The standard InChI is InChI=1S/C33H51NO2S/c1-4-6-7-8-9-10-14-27(3)15-11-19-33(35)36-32-18-12-16-28-26-29(20-21-31(28)32)34(23-5-2)24-22-30-17-13-25-37-30/h12-13,16-18,25,27,29H,4-11,14-15,19-24,26H2,1-3H3. The molecule has 0 N–H and O–H groups in total. The normalized spacial score (nSPS) is 16.1. The average molecular weight is 526 g/mol. The minimum Gasteiger partial charge on any atom is -0.426 e. The molecule has 1 aromatic carbocycles. The molecule has 0 amide bonds. The van der Waals surface area contributed by atoms with Crippen molar-refractivity contribution in [1.29, 1.82) is 0 Å². The lowest BCUT2D eigenvalue weighted by Crippen LogP contribution is -2.41. The number of hydrogen-bond acceptors (Lipinski definition) is 4. The maximum Gasteiger partial charge on any atom is 0.311 e. The predicted octanol–water partition coefficient (Wildman–Crippen LogP) is 9.02. The van der Waals surface area contributed by atoms with E-state index in [4.69, 9.17) is 4.74 Å². The molecule has 4 heteroatoms. The van der Waals surface area contributed by atoms with Crippen molar-refractivity contribution >= 4 is 17.3 Å². The smallest absolute Gasteiger partial charge is 0.311 e. The van der Waals surface area contributed by atoms with Crippen LogP contribution in [0.5, 0.6) is 5.75 Å². The zero-order valence-corrected chi connectivity index (χ0v) is 24.6. The van der Waals surface area contributed by atoms with Gasteiger partial charge in [0.15, 0.2) is 0 Å². The predicted molar refractivity (Wildman–Crippen MR) is 159 cm³/mol. The van der Waals surface area contributed by atoms with Gasteiger partial charge in [-0.1, -0.05) is 90.3 Å². The third-order valence-corrected chi connectivity index (χ3v) is 8.95. The van der Waals surface area contributed by atoms with Crippen molar-refractivity contribution in [1.82, 2.24) is 4.90 Å². The summed E-state index contributed by atoms with van der Waals surface area (Å²) in [4.78, 5) is 16.8. The van der Waals surface area contributed by atoms with Crippen LogP contribution in [0.15, 0.2) is 35.7 Å². The molecule has 1 aliphatic carbocycles. The summed E-state index contributed by atoms with van der Waals surface area (Å²) < 4.78 is 5.92. The molecule has 1 heterocycles. The second-order valence-electron chi connectivity index (χ2n) is 11.2. The molecule has 3 nitrogen and oxygen atoms in total. The van der Waals surface area contributed by atoms with Gasteiger partial charge in [-0.3, -0.25) is 9.69 Å². The third-order valence-electron chi connectivity index (χ3n) is 8.02. The Morgan fingerprint density at radius 1 is 1.00 bits per heavy atom. The molecule has 206 valence electrons. The molecule has 2 aromatic rings. The zero-order valence-electron chi connectivity index (χ0n) is 23.8. The molecule has 0 spiro atoms. The van der Waals surface area contributed by atoms with Crippen LogP contribution >= 0.6 is 11.3 Å². The van der Waals surface area contributed by atoms with Crippen LogP contribution in [0.4, 0.5) is 0 Å². The highest BCUT2D eigenvalue weighted by Crippen LogP contribution is 2.32. The second-order valence-corrected chi connectivity index (χ2v) is 12.2. The van der Waals surface area contributed by atoms with Crippen LogP contribution in [0.1, 0.15) is 114 Å². The number of fused-ring (bicyclic) bond motifs is 1. The summed E-state index contributed by atoms with van der Waals surface area (Å²) >= 11 is 1.86. The van der Waals surface area contributed by atoms with Crippen LogP contribution in [-0.4, -0.2) is 30.0 Å². The van der Waals surface area contributed by atoms with Gasteiger partial charge in [-0.25, -0.2) is 0 Å². The van der Waals surface area contributed by atoms with E-state index in [-0.39, 0.29) is 5.97 Å². The Hall–Kier alpha value is -1.65. The second kappa shape index (κ2) is 17.0. The molecule has 0 aliphatic heterocycles. The molecule has 1 aromatic heterocycles. The van der Waals surface area contributed by atoms with Gasteiger partial charge in [-0.15, -0.1) is 11.3 Å². The fourth-order valence-corrected chi connectivity index (χ4v) is 6.52. The number of nitrogens with zero attached hydrogens (tertiary/aromatic N) is 1. The van der Waals surface area contributed by atoms with Crippen LogP contribution < -0.4 is 4.74 Å². The first-order valence-corrected chi connectivity index (χ1v) is 16.1. The summed E-state index contributed by atoms with van der Waals surface area (Å²) in [5, 5.41) is 2.18. The van der Waals surface area contributed by atoms with E-state index in [0.717, 1.165) is 57.4 Å². The first-order chi connectivity index (χ1) is 18.1. The number of hydrogen-bond donors (Lipinski definition) is 0. The topological polar surface area (TPSA) is 29.5 Å². The molecular formula is C33H51NO2S. The van der Waals surface area contributed by atoms with Gasteiger partial charge in [0, 0.05) is 23.9 Å². The number of thiophene rings is 1. The van der Waals surface area contributed by atoms with Crippen molar-refractivity contribution in [2.75, 3.05) is 13.1 Å². The number of rotatable bonds is 18. The third kappa shape index (κ3) is 10.6. The largest absolute Gasteiger partial charge is 0.426 e. The average Bonchev–Trinajstić information content (AvgIpc) is 3.42. The molecular weight excluding hydrogens is 474 g/mol. The highest BCUT2D eigenvalue weighted by molar-refractivity contribution is 7.09. The Morgan fingerprint density at radius 3 is 2.59 bits per heavy atom. The van der Waals surface area contributed by atoms with E-state index in [1.165, 1.54) is 67.4 Å². The van der Waals surface area contributed by atoms with Crippen molar-refractivity contribution in [2.45, 2.75) is 123 Å². The summed E-state index contributed by atoms with van der Waals surface area (Å²) in [5.41, 5.74) is 2.63. The van der Waals surface area contributed by atoms with Gasteiger partial charge in [0.2, 0.25) is 0 Å². The van der Waals surface area contributed by atoms with Gasteiger partial charge >= 0.3 is 5.97 Å². The molecule has 37 heavy (non-hydrogen) atoms. The van der Waals surface area contributed by atoms with Crippen LogP contribution in [0.2, 0.25) is 0 Å². The maximum absolute atomic E-state index is 12.7. The van der Waals surface area contributed by atoms with E-state index in [9.17, 15) is 4.79 Å².